The first-order valence-corrected chi connectivity index (χ1v) is 6.87. The monoisotopic (exact) mass is 299 g/mol. The van der Waals surface area contributed by atoms with Crippen LogP contribution in [-0.2, 0) is 0 Å². The number of ether oxygens (including phenoxy) is 1. The van der Waals surface area contributed by atoms with Gasteiger partial charge in [-0.2, -0.15) is 0 Å². The summed E-state index contributed by atoms with van der Waals surface area (Å²) in [5.74, 6) is 0.407. The van der Waals surface area contributed by atoms with Crippen LogP contribution in [0.1, 0.15) is 6.42 Å². The Morgan fingerprint density at radius 1 is 1.19 bits per heavy atom. The van der Waals surface area contributed by atoms with Gasteiger partial charge in [0.1, 0.15) is 11.6 Å². The van der Waals surface area contributed by atoms with Gasteiger partial charge in [-0.3, -0.25) is 4.90 Å². The molecule has 0 aliphatic carbocycles. The van der Waals surface area contributed by atoms with E-state index in [0.717, 1.165) is 38.8 Å². The molecule has 7 heteroatoms. The second kappa shape index (κ2) is 5.55. The van der Waals surface area contributed by atoms with Crippen LogP contribution < -0.4 is 9.64 Å². The van der Waals surface area contributed by atoms with Gasteiger partial charge >= 0.3 is 6.36 Å². The molecule has 1 fully saturated rings. The second-order valence-corrected chi connectivity index (χ2v) is 5.21. The number of nitrogens with zero attached hydrogens (tertiary/aromatic N) is 3. The SMILES string of the molecule is FC(F)(F)Oc1ccc(N2CCC(N3CC=CC3)C2)nc1. The summed E-state index contributed by atoms with van der Waals surface area (Å²) in [6.45, 7) is 3.68. The number of anilines is 1. The summed E-state index contributed by atoms with van der Waals surface area (Å²) in [7, 11) is 0. The van der Waals surface area contributed by atoms with E-state index in [1.165, 1.54) is 6.07 Å². The third kappa shape index (κ3) is 3.47. The fourth-order valence-electron chi connectivity index (χ4n) is 2.79. The lowest BCUT2D eigenvalue weighted by Crippen LogP contribution is -2.35. The van der Waals surface area contributed by atoms with Gasteiger partial charge in [-0.1, -0.05) is 12.2 Å². The molecule has 0 aromatic carbocycles. The van der Waals surface area contributed by atoms with Gasteiger partial charge in [0.05, 0.1) is 6.20 Å². The first-order chi connectivity index (χ1) is 10.0. The number of halogens is 3. The van der Waals surface area contributed by atoms with E-state index >= 15 is 0 Å². The molecule has 21 heavy (non-hydrogen) atoms. The van der Waals surface area contributed by atoms with Crippen molar-refractivity contribution in [3.05, 3.63) is 30.5 Å². The first kappa shape index (κ1) is 14.2. The van der Waals surface area contributed by atoms with Crippen LogP contribution in [0.5, 0.6) is 5.75 Å². The highest BCUT2D eigenvalue weighted by Gasteiger charge is 2.32. The minimum atomic E-state index is -4.68. The van der Waals surface area contributed by atoms with E-state index in [-0.39, 0.29) is 5.75 Å². The fraction of sp³-hybridized carbons (Fsp3) is 0.500. The summed E-state index contributed by atoms with van der Waals surface area (Å²) in [5, 5.41) is 0. The Morgan fingerprint density at radius 2 is 1.95 bits per heavy atom. The summed E-state index contributed by atoms with van der Waals surface area (Å²) in [5.41, 5.74) is 0. The highest BCUT2D eigenvalue weighted by molar-refractivity contribution is 5.42. The number of alkyl halides is 3. The van der Waals surface area contributed by atoms with Crippen LogP contribution in [0.4, 0.5) is 19.0 Å². The van der Waals surface area contributed by atoms with E-state index in [2.05, 4.69) is 31.7 Å². The van der Waals surface area contributed by atoms with Crippen molar-refractivity contribution in [3.63, 3.8) is 0 Å². The smallest absolute Gasteiger partial charge is 0.404 e. The van der Waals surface area contributed by atoms with Crippen LogP contribution in [0.3, 0.4) is 0 Å². The molecule has 1 atom stereocenters. The molecular weight excluding hydrogens is 283 g/mol. The molecule has 0 saturated carbocycles. The maximum Gasteiger partial charge on any atom is 0.573 e. The Balaban J connectivity index is 1.60. The molecule has 0 amide bonds. The molecule has 2 aliphatic heterocycles. The summed E-state index contributed by atoms with van der Waals surface area (Å²) in [6, 6.07) is 3.36. The minimum Gasteiger partial charge on any atom is -0.404 e. The van der Waals surface area contributed by atoms with Crippen molar-refractivity contribution in [2.75, 3.05) is 31.1 Å². The van der Waals surface area contributed by atoms with Crippen molar-refractivity contribution in [3.8, 4) is 5.75 Å². The van der Waals surface area contributed by atoms with E-state index < -0.39 is 6.36 Å². The van der Waals surface area contributed by atoms with E-state index in [1.54, 1.807) is 6.07 Å². The van der Waals surface area contributed by atoms with Crippen LogP contribution in [0.2, 0.25) is 0 Å². The predicted molar refractivity (Wildman–Crippen MR) is 72.3 cm³/mol. The lowest BCUT2D eigenvalue weighted by molar-refractivity contribution is -0.274. The normalized spacial score (nSPS) is 23.0. The summed E-state index contributed by atoms with van der Waals surface area (Å²) in [6.07, 6.45) is 1.80. The first-order valence-electron chi connectivity index (χ1n) is 6.87. The zero-order valence-corrected chi connectivity index (χ0v) is 11.4. The molecule has 0 radical (unpaired) electrons. The lowest BCUT2D eigenvalue weighted by atomic mass is 10.2. The van der Waals surface area contributed by atoms with Gasteiger partial charge < -0.3 is 9.64 Å². The van der Waals surface area contributed by atoms with E-state index in [0.29, 0.717) is 11.9 Å². The largest absolute Gasteiger partial charge is 0.573 e. The van der Waals surface area contributed by atoms with Gasteiger partial charge in [0.25, 0.3) is 0 Å². The summed E-state index contributed by atoms with van der Waals surface area (Å²) in [4.78, 5) is 8.56. The van der Waals surface area contributed by atoms with Crippen molar-refractivity contribution in [1.29, 1.82) is 0 Å². The molecular formula is C14H16F3N3O. The van der Waals surface area contributed by atoms with Gasteiger partial charge in [-0.05, 0) is 18.6 Å². The van der Waals surface area contributed by atoms with E-state index in [9.17, 15) is 13.2 Å². The van der Waals surface area contributed by atoms with Crippen molar-refractivity contribution in [2.24, 2.45) is 0 Å². The van der Waals surface area contributed by atoms with Crippen LogP contribution in [0.25, 0.3) is 0 Å². The van der Waals surface area contributed by atoms with Crippen LogP contribution >= 0.6 is 0 Å². The lowest BCUT2D eigenvalue weighted by Gasteiger charge is -2.24. The van der Waals surface area contributed by atoms with Crippen molar-refractivity contribution >= 4 is 5.82 Å². The Hall–Kier alpha value is -1.76. The molecule has 3 heterocycles. The number of rotatable bonds is 3. The quantitative estimate of drug-likeness (QED) is 0.802. The Kier molecular flexibility index (Phi) is 3.75. The Bertz CT molecular complexity index is 507. The van der Waals surface area contributed by atoms with Crippen LogP contribution in [-0.4, -0.2) is 48.5 Å². The Morgan fingerprint density at radius 3 is 2.57 bits per heavy atom. The molecule has 1 aromatic heterocycles. The minimum absolute atomic E-state index is 0.286. The molecule has 1 unspecified atom stereocenters. The maximum atomic E-state index is 12.1. The average molecular weight is 299 g/mol. The molecule has 114 valence electrons. The van der Waals surface area contributed by atoms with Crippen LogP contribution in [0.15, 0.2) is 30.5 Å². The van der Waals surface area contributed by atoms with Gasteiger partial charge in [-0.15, -0.1) is 13.2 Å². The zero-order valence-electron chi connectivity index (χ0n) is 11.4. The molecule has 3 rings (SSSR count). The topological polar surface area (TPSA) is 28.6 Å². The number of aromatic nitrogens is 1. The molecule has 0 N–H and O–H groups in total. The molecule has 2 aliphatic rings. The summed E-state index contributed by atoms with van der Waals surface area (Å²) < 4.78 is 40.1. The molecule has 0 spiro atoms. The van der Waals surface area contributed by atoms with Crippen molar-refractivity contribution in [2.45, 2.75) is 18.8 Å². The molecule has 1 saturated heterocycles. The number of hydrogen-bond donors (Lipinski definition) is 0. The van der Waals surface area contributed by atoms with Gasteiger partial charge in [0.2, 0.25) is 0 Å². The summed E-state index contributed by atoms with van der Waals surface area (Å²) >= 11 is 0. The number of pyridine rings is 1. The van der Waals surface area contributed by atoms with E-state index in [1.807, 2.05) is 0 Å². The Labute approximate surface area is 120 Å². The van der Waals surface area contributed by atoms with E-state index in [4.69, 9.17) is 0 Å². The highest BCUT2D eigenvalue weighted by Crippen LogP contribution is 2.26. The maximum absolute atomic E-state index is 12.1. The molecule has 1 aromatic rings. The predicted octanol–water partition coefficient (Wildman–Crippen LogP) is 2.43. The third-order valence-electron chi connectivity index (χ3n) is 3.80. The van der Waals surface area contributed by atoms with Crippen LogP contribution in [0, 0.1) is 0 Å². The molecule has 4 nitrogen and oxygen atoms in total. The number of hydrogen-bond acceptors (Lipinski definition) is 4. The zero-order chi connectivity index (χ0) is 14.9. The van der Waals surface area contributed by atoms with Gasteiger partial charge in [-0.25, -0.2) is 4.98 Å². The molecule has 0 bridgehead atoms. The highest BCUT2D eigenvalue weighted by atomic mass is 19.4. The van der Waals surface area contributed by atoms with Gasteiger partial charge in [0.15, 0.2) is 0 Å². The third-order valence-corrected chi connectivity index (χ3v) is 3.80. The van der Waals surface area contributed by atoms with Gasteiger partial charge in [0, 0.05) is 32.2 Å². The standard InChI is InChI=1S/C14H16F3N3O/c15-14(16,17)21-12-3-4-13(18-9-12)20-8-5-11(10-20)19-6-1-2-7-19/h1-4,9,11H,5-8,10H2. The van der Waals surface area contributed by atoms with Crippen molar-refractivity contribution in [1.82, 2.24) is 9.88 Å². The van der Waals surface area contributed by atoms with Crippen molar-refractivity contribution < 1.29 is 17.9 Å². The second-order valence-electron chi connectivity index (χ2n) is 5.21. The fourth-order valence-corrected chi connectivity index (χ4v) is 2.79. The average Bonchev–Trinajstić information content (AvgIpc) is 3.09.